The second kappa shape index (κ2) is 15.0. The molecule has 4 aromatic rings. The molecule has 0 bridgehead atoms. The van der Waals surface area contributed by atoms with E-state index in [9.17, 15) is 31.2 Å². The Labute approximate surface area is 301 Å². The van der Waals surface area contributed by atoms with E-state index >= 15 is 8.78 Å². The highest BCUT2D eigenvalue weighted by molar-refractivity contribution is 7.89. The van der Waals surface area contributed by atoms with Crippen LogP contribution in [0.2, 0.25) is 5.02 Å². The summed E-state index contributed by atoms with van der Waals surface area (Å²) in [5.41, 5.74) is 0.113. The van der Waals surface area contributed by atoms with E-state index in [-0.39, 0.29) is 37.7 Å². The number of amides is 1. The number of sulfonamides is 1. The quantitative estimate of drug-likeness (QED) is 0.136. The molecule has 0 spiro atoms. The maximum Gasteiger partial charge on any atom is 0.492 e. The molecule has 0 radical (unpaired) electrons. The van der Waals surface area contributed by atoms with Crippen molar-refractivity contribution in [2.75, 3.05) is 26.2 Å². The van der Waals surface area contributed by atoms with Crippen LogP contribution in [0.3, 0.4) is 0 Å². The van der Waals surface area contributed by atoms with Gasteiger partial charge in [-0.3, -0.25) is 4.79 Å². The minimum atomic E-state index is -5.81. The topological polar surface area (TPSA) is 105 Å². The Kier molecular flexibility index (Phi) is 10.8. The second-order valence-electron chi connectivity index (χ2n) is 12.5. The lowest BCUT2D eigenvalue weighted by molar-refractivity contribution is -0.239. The Bertz CT molecular complexity index is 2040. The molecule has 276 valence electrons. The number of benzene rings is 4. The Hall–Kier alpha value is -4.31. The van der Waals surface area contributed by atoms with Crippen LogP contribution in [-0.4, -0.2) is 74.2 Å². The van der Waals surface area contributed by atoms with Crippen molar-refractivity contribution in [2.45, 2.75) is 54.8 Å². The van der Waals surface area contributed by atoms with E-state index in [0.29, 0.717) is 27.3 Å². The van der Waals surface area contributed by atoms with E-state index in [4.69, 9.17) is 16.3 Å². The average molecular weight is 766 g/mol. The van der Waals surface area contributed by atoms with Gasteiger partial charge in [0.2, 0.25) is 6.04 Å². The number of hydroxylamine groups is 1. The van der Waals surface area contributed by atoms with E-state index < -0.39 is 55.0 Å². The van der Waals surface area contributed by atoms with Crippen LogP contribution >= 0.6 is 11.6 Å². The van der Waals surface area contributed by atoms with Crippen molar-refractivity contribution in [2.24, 2.45) is 0 Å². The number of hydrogen-bond acceptors (Lipinski definition) is 7. The standard InChI is InChI=1S/C36H33ClF5N3O6S/c37-28-13-7-24(8-14-28)23-5-11-27(12-6-23)35(38,39)32(33(46)44-19-17-43-18-20-44)45(51-34(47)36(40,41)42)52(48,49)31-16-10-25-21-30(15-9-26(25)22-31)50-29-3-1-2-4-29/h5-16,21-22,29,32,43H,1-4,17-20H2/t32-/m1/s1. The van der Waals surface area contributed by atoms with Gasteiger partial charge in [0.25, 0.3) is 15.9 Å². The monoisotopic (exact) mass is 765 g/mol. The summed E-state index contributed by atoms with van der Waals surface area (Å²) in [7, 11) is -5.60. The number of alkyl halides is 5. The fourth-order valence-electron chi connectivity index (χ4n) is 6.23. The maximum atomic E-state index is 16.8. The number of piperazine rings is 1. The van der Waals surface area contributed by atoms with E-state index in [1.165, 1.54) is 24.3 Å². The third kappa shape index (κ3) is 8.02. The molecule has 6 rings (SSSR count). The zero-order chi connectivity index (χ0) is 37.3. The molecular weight excluding hydrogens is 733 g/mol. The number of nitrogens with one attached hydrogen (secondary N) is 1. The molecule has 16 heteroatoms. The molecular formula is C36H33ClF5N3O6S. The SMILES string of the molecule is O=C([C@@H](N(OC(=O)C(F)(F)F)S(=O)(=O)c1ccc2cc(OC3CCCC3)ccc2c1)C(F)(F)c1ccc(-c2ccc(Cl)cc2)cc1)N1CCNCC1. The first-order valence-corrected chi connectivity index (χ1v) is 18.2. The van der Waals surface area contributed by atoms with E-state index in [0.717, 1.165) is 54.8 Å². The Morgan fingerprint density at radius 3 is 2.02 bits per heavy atom. The lowest BCUT2D eigenvalue weighted by Crippen LogP contribution is -2.61. The van der Waals surface area contributed by atoms with Crippen molar-refractivity contribution in [3.63, 3.8) is 0 Å². The molecule has 1 saturated heterocycles. The highest BCUT2D eigenvalue weighted by Crippen LogP contribution is 2.40. The molecule has 2 fully saturated rings. The average Bonchev–Trinajstić information content (AvgIpc) is 3.64. The summed E-state index contributed by atoms with van der Waals surface area (Å²) in [4.78, 5) is 30.7. The van der Waals surface area contributed by atoms with Gasteiger partial charge in [0.05, 0.1) is 11.0 Å². The molecule has 52 heavy (non-hydrogen) atoms. The van der Waals surface area contributed by atoms with E-state index in [1.807, 2.05) is 0 Å². The van der Waals surface area contributed by atoms with E-state index in [1.54, 1.807) is 36.4 Å². The summed E-state index contributed by atoms with van der Waals surface area (Å²) in [5, 5.41) is 4.09. The van der Waals surface area contributed by atoms with Gasteiger partial charge in [-0.2, -0.15) is 22.0 Å². The highest BCUT2D eigenvalue weighted by Gasteiger charge is 2.58. The number of carbonyl (C=O) groups excluding carboxylic acids is 2. The highest BCUT2D eigenvalue weighted by atomic mass is 35.5. The van der Waals surface area contributed by atoms with Crippen LogP contribution in [-0.2, 0) is 30.4 Å². The molecule has 1 N–H and O–H groups in total. The van der Waals surface area contributed by atoms with Crippen molar-refractivity contribution < 1.29 is 49.5 Å². The number of fused-ring (bicyclic) bond motifs is 1. The summed E-state index contributed by atoms with van der Waals surface area (Å²) in [6, 6.07) is 15.6. The molecule has 1 aliphatic carbocycles. The van der Waals surface area contributed by atoms with Gasteiger partial charge in [0.15, 0.2) is 0 Å². The lowest BCUT2D eigenvalue weighted by Gasteiger charge is -2.37. The number of ether oxygens (including phenoxy) is 1. The van der Waals surface area contributed by atoms with Crippen LogP contribution in [0.5, 0.6) is 5.75 Å². The van der Waals surface area contributed by atoms with Gasteiger partial charge in [-0.05, 0) is 88.4 Å². The molecule has 1 aliphatic heterocycles. The molecule has 1 heterocycles. The minimum Gasteiger partial charge on any atom is -0.490 e. The van der Waals surface area contributed by atoms with Crippen LogP contribution in [0.4, 0.5) is 22.0 Å². The van der Waals surface area contributed by atoms with Gasteiger partial charge in [-0.25, -0.2) is 13.2 Å². The van der Waals surface area contributed by atoms with Crippen LogP contribution in [0, 0.1) is 0 Å². The predicted octanol–water partition coefficient (Wildman–Crippen LogP) is 7.09. The van der Waals surface area contributed by atoms with Gasteiger partial charge in [0.1, 0.15) is 5.75 Å². The molecule has 1 atom stereocenters. The Morgan fingerprint density at radius 1 is 0.827 bits per heavy atom. The smallest absolute Gasteiger partial charge is 0.490 e. The number of hydrogen-bond donors (Lipinski definition) is 1. The maximum absolute atomic E-state index is 16.8. The molecule has 1 saturated carbocycles. The summed E-state index contributed by atoms with van der Waals surface area (Å²) in [6.07, 6.45) is -1.97. The predicted molar refractivity (Wildman–Crippen MR) is 182 cm³/mol. The number of rotatable bonds is 10. The van der Waals surface area contributed by atoms with Gasteiger partial charge in [-0.1, -0.05) is 60.1 Å². The zero-order valence-corrected chi connectivity index (χ0v) is 29.0. The largest absolute Gasteiger partial charge is 0.492 e. The van der Waals surface area contributed by atoms with Crippen molar-refractivity contribution >= 4 is 44.3 Å². The first-order valence-electron chi connectivity index (χ1n) is 16.4. The summed E-state index contributed by atoms with van der Waals surface area (Å²) in [5.74, 6) is -8.71. The Balaban J connectivity index is 1.43. The molecule has 0 unspecified atom stereocenters. The molecule has 2 aliphatic rings. The first kappa shape index (κ1) is 37.4. The third-order valence-electron chi connectivity index (χ3n) is 8.99. The summed E-state index contributed by atoms with van der Waals surface area (Å²) in [6.45, 7) is -0.0927. The van der Waals surface area contributed by atoms with Crippen molar-refractivity contribution in [1.29, 1.82) is 0 Å². The van der Waals surface area contributed by atoms with Gasteiger partial charge in [-0.15, -0.1) is 0 Å². The third-order valence-corrected chi connectivity index (χ3v) is 10.9. The Morgan fingerprint density at radius 2 is 1.40 bits per heavy atom. The summed E-state index contributed by atoms with van der Waals surface area (Å²) < 4.78 is 108. The molecule has 1 amide bonds. The van der Waals surface area contributed by atoms with Gasteiger partial charge < -0.3 is 19.8 Å². The normalized spacial score (nSPS) is 16.6. The zero-order valence-electron chi connectivity index (χ0n) is 27.4. The molecule has 0 aromatic heterocycles. The summed E-state index contributed by atoms with van der Waals surface area (Å²) >= 11 is 5.95. The van der Waals surface area contributed by atoms with Gasteiger partial charge >= 0.3 is 18.1 Å². The lowest BCUT2D eigenvalue weighted by atomic mass is 9.97. The second-order valence-corrected chi connectivity index (χ2v) is 14.7. The van der Waals surface area contributed by atoms with Crippen LogP contribution in [0.15, 0.2) is 89.8 Å². The molecule has 4 aromatic carbocycles. The van der Waals surface area contributed by atoms with Crippen LogP contribution in [0.1, 0.15) is 31.2 Å². The van der Waals surface area contributed by atoms with Crippen LogP contribution in [0.25, 0.3) is 21.9 Å². The van der Waals surface area contributed by atoms with Crippen molar-refractivity contribution in [3.8, 4) is 16.9 Å². The fraction of sp³-hybridized carbons (Fsp3) is 0.333. The minimum absolute atomic E-state index is 0.0226. The molecule has 9 nitrogen and oxygen atoms in total. The number of halogens is 6. The van der Waals surface area contributed by atoms with E-state index in [2.05, 4.69) is 10.2 Å². The number of nitrogens with zero attached hydrogens (tertiary/aromatic N) is 2. The van der Waals surface area contributed by atoms with Crippen molar-refractivity contribution in [3.05, 3.63) is 95.5 Å². The fourth-order valence-corrected chi connectivity index (χ4v) is 7.75. The van der Waals surface area contributed by atoms with Crippen LogP contribution < -0.4 is 10.1 Å². The van der Waals surface area contributed by atoms with Gasteiger partial charge in [0, 0.05) is 36.8 Å². The van der Waals surface area contributed by atoms with Crippen molar-refractivity contribution in [1.82, 2.24) is 14.7 Å². The number of carbonyl (C=O) groups is 2. The first-order chi connectivity index (χ1) is 24.6.